The third-order valence-corrected chi connectivity index (χ3v) is 5.14. The van der Waals surface area contributed by atoms with Crippen LogP contribution in [0.3, 0.4) is 0 Å². The highest BCUT2D eigenvalue weighted by Crippen LogP contribution is 2.28. The van der Waals surface area contributed by atoms with Crippen LogP contribution in [0.2, 0.25) is 0 Å². The molecule has 1 aliphatic heterocycles. The fourth-order valence-electron chi connectivity index (χ4n) is 3.96. The van der Waals surface area contributed by atoms with Crippen LogP contribution < -0.4 is 5.56 Å². The lowest BCUT2D eigenvalue weighted by Crippen LogP contribution is -2.53. The number of benzene rings is 1. The molecule has 1 N–H and O–H groups in total. The number of nitrogens with one attached hydrogen (secondary N) is 1. The fourth-order valence-corrected chi connectivity index (χ4v) is 3.96. The van der Waals surface area contributed by atoms with E-state index in [1.807, 2.05) is 24.3 Å². The number of morpholine rings is 1. The number of hydrogen-bond donors (Lipinski definition) is 1. The monoisotopic (exact) mass is 313 g/mol. The summed E-state index contributed by atoms with van der Waals surface area (Å²) in [6.45, 7) is 2.74. The van der Waals surface area contributed by atoms with Crippen LogP contribution in [0, 0.1) is 0 Å². The van der Waals surface area contributed by atoms with Gasteiger partial charge >= 0.3 is 0 Å². The van der Waals surface area contributed by atoms with Crippen molar-refractivity contribution in [3.05, 3.63) is 40.4 Å². The lowest BCUT2D eigenvalue weighted by Gasteiger charge is -2.43. The van der Waals surface area contributed by atoms with Crippen molar-refractivity contribution < 1.29 is 4.74 Å². The number of rotatable bonds is 3. The Morgan fingerprint density at radius 3 is 3.09 bits per heavy atom. The molecule has 2 atom stereocenters. The summed E-state index contributed by atoms with van der Waals surface area (Å²) in [5.74, 6) is 0.785. The number of ether oxygens (including phenoxy) is 1. The Hall–Kier alpha value is -1.72. The van der Waals surface area contributed by atoms with Gasteiger partial charge in [-0.15, -0.1) is 0 Å². The van der Waals surface area contributed by atoms with Gasteiger partial charge in [0.1, 0.15) is 5.82 Å². The molecule has 122 valence electrons. The predicted octanol–water partition coefficient (Wildman–Crippen LogP) is 2.11. The molecule has 23 heavy (non-hydrogen) atoms. The average molecular weight is 313 g/mol. The zero-order valence-electron chi connectivity index (χ0n) is 13.3. The maximum Gasteiger partial charge on any atom is 0.258 e. The molecular weight excluding hydrogens is 290 g/mol. The Bertz CT molecular complexity index is 740. The molecule has 2 aromatic rings. The standard InChI is InChI=1S/C18H23N3O2/c22-18-13-5-1-2-6-14(13)19-17(20-18)9-10-21-11-12-23-16-8-4-3-7-15(16)21/h1-2,5-6,15-16H,3-4,7-12H2,(H,19,20,22). The summed E-state index contributed by atoms with van der Waals surface area (Å²) in [6.07, 6.45) is 6.18. The van der Waals surface area contributed by atoms with E-state index in [1.54, 1.807) is 0 Å². The number of para-hydroxylation sites is 1. The summed E-state index contributed by atoms with van der Waals surface area (Å²) in [7, 11) is 0. The SMILES string of the molecule is O=c1[nH]c(CCN2CCOC3CCCCC32)nc2ccccc12. The smallest absolute Gasteiger partial charge is 0.258 e. The Kier molecular flexibility index (Phi) is 4.14. The minimum absolute atomic E-state index is 0.0388. The number of nitrogens with zero attached hydrogens (tertiary/aromatic N) is 2. The molecule has 0 amide bonds. The zero-order chi connectivity index (χ0) is 15.6. The van der Waals surface area contributed by atoms with Gasteiger partial charge in [-0.25, -0.2) is 4.98 Å². The van der Waals surface area contributed by atoms with Crippen molar-refractivity contribution >= 4 is 10.9 Å². The van der Waals surface area contributed by atoms with Gasteiger partial charge in [0.25, 0.3) is 5.56 Å². The van der Waals surface area contributed by atoms with Crippen LogP contribution in [0.5, 0.6) is 0 Å². The molecule has 1 saturated heterocycles. The van der Waals surface area contributed by atoms with Crippen LogP contribution in [0.4, 0.5) is 0 Å². The van der Waals surface area contributed by atoms with Gasteiger partial charge < -0.3 is 9.72 Å². The highest BCUT2D eigenvalue weighted by molar-refractivity contribution is 5.77. The highest BCUT2D eigenvalue weighted by atomic mass is 16.5. The van der Waals surface area contributed by atoms with Crippen molar-refractivity contribution in [2.75, 3.05) is 19.7 Å². The van der Waals surface area contributed by atoms with E-state index >= 15 is 0 Å². The summed E-state index contributed by atoms with van der Waals surface area (Å²) in [4.78, 5) is 22.2. The molecule has 0 bridgehead atoms. The minimum atomic E-state index is -0.0388. The molecule has 1 aromatic carbocycles. The second-order valence-corrected chi connectivity index (χ2v) is 6.58. The second-order valence-electron chi connectivity index (χ2n) is 6.58. The quantitative estimate of drug-likeness (QED) is 0.943. The van der Waals surface area contributed by atoms with Crippen LogP contribution in [0.25, 0.3) is 10.9 Å². The maximum atomic E-state index is 12.1. The lowest BCUT2D eigenvalue weighted by atomic mass is 9.90. The predicted molar refractivity (Wildman–Crippen MR) is 89.6 cm³/mol. The Morgan fingerprint density at radius 2 is 2.13 bits per heavy atom. The molecule has 5 nitrogen and oxygen atoms in total. The van der Waals surface area contributed by atoms with Crippen molar-refractivity contribution in [1.29, 1.82) is 0 Å². The summed E-state index contributed by atoms with van der Waals surface area (Å²) in [6, 6.07) is 8.06. The van der Waals surface area contributed by atoms with Gasteiger partial charge in [0, 0.05) is 25.6 Å². The summed E-state index contributed by atoms with van der Waals surface area (Å²) in [5, 5.41) is 0.662. The minimum Gasteiger partial charge on any atom is -0.375 e. The van der Waals surface area contributed by atoms with Crippen molar-refractivity contribution in [2.45, 2.75) is 44.2 Å². The molecule has 2 unspecified atom stereocenters. The molecule has 2 aliphatic rings. The number of aromatic amines is 1. The molecule has 5 heteroatoms. The largest absolute Gasteiger partial charge is 0.375 e. The third-order valence-electron chi connectivity index (χ3n) is 5.14. The van der Waals surface area contributed by atoms with E-state index in [1.165, 1.54) is 25.7 Å². The summed E-state index contributed by atoms with van der Waals surface area (Å²) < 4.78 is 5.93. The Balaban J connectivity index is 1.49. The maximum absolute atomic E-state index is 12.1. The van der Waals surface area contributed by atoms with Crippen LogP contribution in [-0.4, -0.2) is 46.7 Å². The van der Waals surface area contributed by atoms with Crippen LogP contribution in [0.15, 0.2) is 29.1 Å². The molecule has 4 rings (SSSR count). The van der Waals surface area contributed by atoms with Gasteiger partial charge in [0.2, 0.25) is 0 Å². The van der Waals surface area contributed by atoms with Gasteiger partial charge in [0.05, 0.1) is 23.6 Å². The molecule has 0 radical (unpaired) electrons. The Morgan fingerprint density at radius 1 is 1.26 bits per heavy atom. The normalized spacial score (nSPS) is 25.4. The van der Waals surface area contributed by atoms with Crippen molar-refractivity contribution in [3.8, 4) is 0 Å². The first-order valence-electron chi connectivity index (χ1n) is 8.65. The summed E-state index contributed by atoms with van der Waals surface area (Å²) >= 11 is 0. The van der Waals surface area contributed by atoms with Gasteiger partial charge in [-0.05, 0) is 25.0 Å². The van der Waals surface area contributed by atoms with E-state index in [2.05, 4.69) is 14.9 Å². The zero-order valence-corrected chi connectivity index (χ0v) is 13.3. The van der Waals surface area contributed by atoms with E-state index in [0.717, 1.165) is 37.5 Å². The Labute approximate surface area is 135 Å². The third kappa shape index (κ3) is 3.03. The van der Waals surface area contributed by atoms with E-state index in [-0.39, 0.29) is 5.56 Å². The number of H-pyrrole nitrogens is 1. The molecule has 1 saturated carbocycles. The van der Waals surface area contributed by atoms with E-state index in [0.29, 0.717) is 17.5 Å². The highest BCUT2D eigenvalue weighted by Gasteiger charge is 2.33. The second kappa shape index (κ2) is 6.42. The molecule has 2 fully saturated rings. The van der Waals surface area contributed by atoms with E-state index in [9.17, 15) is 4.79 Å². The first-order valence-corrected chi connectivity index (χ1v) is 8.65. The van der Waals surface area contributed by atoms with Crippen LogP contribution in [0.1, 0.15) is 31.5 Å². The molecule has 1 aromatic heterocycles. The van der Waals surface area contributed by atoms with Crippen molar-refractivity contribution in [2.24, 2.45) is 0 Å². The van der Waals surface area contributed by atoms with Gasteiger partial charge in [-0.2, -0.15) is 0 Å². The first kappa shape index (κ1) is 14.8. The van der Waals surface area contributed by atoms with Gasteiger partial charge in [-0.1, -0.05) is 25.0 Å². The molecule has 1 aliphatic carbocycles. The van der Waals surface area contributed by atoms with Crippen molar-refractivity contribution in [3.63, 3.8) is 0 Å². The van der Waals surface area contributed by atoms with Crippen LogP contribution in [-0.2, 0) is 11.2 Å². The van der Waals surface area contributed by atoms with Crippen LogP contribution >= 0.6 is 0 Å². The van der Waals surface area contributed by atoms with Gasteiger partial charge in [-0.3, -0.25) is 9.69 Å². The van der Waals surface area contributed by atoms with Crippen molar-refractivity contribution in [1.82, 2.24) is 14.9 Å². The van der Waals surface area contributed by atoms with Gasteiger partial charge in [0.15, 0.2) is 0 Å². The average Bonchev–Trinajstić information content (AvgIpc) is 2.60. The molecule has 0 spiro atoms. The summed E-state index contributed by atoms with van der Waals surface area (Å²) in [5.41, 5.74) is 0.742. The molecular formula is C18H23N3O2. The fraction of sp³-hybridized carbons (Fsp3) is 0.556. The van der Waals surface area contributed by atoms with E-state index in [4.69, 9.17) is 4.74 Å². The number of fused-ring (bicyclic) bond motifs is 2. The van der Waals surface area contributed by atoms with E-state index < -0.39 is 0 Å². The topological polar surface area (TPSA) is 58.2 Å². The molecule has 2 heterocycles. The number of hydrogen-bond acceptors (Lipinski definition) is 4. The first-order chi connectivity index (χ1) is 11.3. The lowest BCUT2D eigenvalue weighted by molar-refractivity contribution is -0.0876. The number of aromatic nitrogens is 2.